The molecule has 0 bridgehead atoms. The second-order valence-electron chi connectivity index (χ2n) is 35.3. The van der Waals surface area contributed by atoms with Crippen LogP contribution in [0.25, 0.3) is 167 Å². The Morgan fingerprint density at radius 2 is 0.527 bits per heavy atom. The molecule has 15 aromatic heterocycles. The average Bonchev–Trinajstić information content (AvgIpc) is 1.63. The summed E-state index contributed by atoms with van der Waals surface area (Å²) >= 11 is 0. The number of furan rings is 5. The van der Waals surface area contributed by atoms with Crippen LogP contribution in [-0.2, 0) is 35.2 Å². The smallest absolute Gasteiger partial charge is 0.232 e. The number of hydrogen-bond acceptors (Lipinski definition) is 10. The lowest BCUT2D eigenvalue weighted by Crippen LogP contribution is -2.31. The predicted molar refractivity (Wildman–Crippen MR) is 494 cm³/mol. The molecule has 129 heavy (non-hydrogen) atoms. The number of halogens is 7. The molecule has 0 aliphatic heterocycles. The third-order valence-corrected chi connectivity index (χ3v) is 24.5. The van der Waals surface area contributed by atoms with Gasteiger partial charge in [-0.2, -0.15) is 46.9 Å². The number of hydrogen-bond donors (Lipinski definition) is 0. The van der Waals surface area contributed by atoms with Gasteiger partial charge < -0.3 is 22.1 Å². The summed E-state index contributed by atoms with van der Waals surface area (Å²) in [5.74, 6) is -1.91. The zero-order valence-corrected chi connectivity index (χ0v) is 76.4. The highest BCUT2D eigenvalue weighted by atomic mass is 19.2. The van der Waals surface area contributed by atoms with Gasteiger partial charge in [-0.1, -0.05) is 118 Å². The molecule has 0 saturated carbocycles. The van der Waals surface area contributed by atoms with E-state index in [4.69, 9.17) is 22.1 Å². The molecule has 15 nitrogen and oxygen atoms in total. The molecule has 0 spiro atoms. The van der Waals surface area contributed by atoms with E-state index in [1.54, 1.807) is 19.1 Å². The topological polar surface area (TPSA) is 150 Å². The van der Waals surface area contributed by atoms with E-state index in [9.17, 15) is 30.7 Å². The molecule has 0 fully saturated rings. The van der Waals surface area contributed by atoms with E-state index in [0.29, 0.717) is 79.6 Å². The van der Waals surface area contributed by atoms with Gasteiger partial charge in [0.1, 0.15) is 46.9 Å². The Hall–Kier alpha value is -13.9. The van der Waals surface area contributed by atoms with E-state index in [-0.39, 0.29) is 16.8 Å². The van der Waals surface area contributed by atoms with Crippen LogP contribution >= 0.6 is 0 Å². The lowest BCUT2D eigenvalue weighted by molar-refractivity contribution is -0.661. The molecule has 5 aromatic carbocycles. The van der Waals surface area contributed by atoms with Crippen LogP contribution in [0.15, 0.2) is 211 Å². The largest absolute Gasteiger partial charge is 0.437 e. The maximum absolute atomic E-state index is 14.7. The standard InChI is InChI=1S/2C22H22FN2O.2C21H19F2N2O.C21H20FN2O/c1-12(2)15-7-9-18(25(5)11-15)19-13(3)6-8-16-17-10-14(4)21(23)24-22(17)26-20(16)19;1-12(2)15-7-9-17(25(5)11-15)20-13(3)6-8-16-19-14(4)10-18(23)24-22(19)26-21(16)20;1-11(2)13-5-7-16(25(4)10-13)18-12(3)9-15(22)19-14-6-8-17(23)24-21(14)26-20(18)19;1-11(2)13-6-8-16(25(4)10-13)18-12(3)5-7-14-19-15(22)9-17(23)24-21(19)26-20(14)18;1-12(2)14-6-9-17(24(4)11-14)19-13(3)5-7-15-16-8-10-18(22)23-21(16)25-20(15)19/h2*6-12H,1-5H3;2*5-11H,1-4H3;5-12H,1-4H3/q5*+1. The van der Waals surface area contributed by atoms with E-state index in [1.165, 1.54) is 58.1 Å². The maximum Gasteiger partial charge on any atom is 0.232 e. The van der Waals surface area contributed by atoms with Crippen molar-refractivity contribution in [2.75, 3.05) is 0 Å². The summed E-state index contributed by atoms with van der Waals surface area (Å²) in [6, 6.07) is 48.5. The Labute approximate surface area is 742 Å². The summed E-state index contributed by atoms with van der Waals surface area (Å²) in [5, 5.41) is 7.06. The van der Waals surface area contributed by atoms with E-state index in [0.717, 1.165) is 145 Å². The second kappa shape index (κ2) is 35.0. The minimum absolute atomic E-state index is 0.0224. The summed E-state index contributed by atoms with van der Waals surface area (Å²) < 4.78 is 137. The molecule has 15 heterocycles. The van der Waals surface area contributed by atoms with E-state index < -0.39 is 41.4 Å². The van der Waals surface area contributed by atoms with Crippen LogP contribution in [0.5, 0.6) is 0 Å². The third kappa shape index (κ3) is 16.7. The molecule has 0 aliphatic rings. The second-order valence-corrected chi connectivity index (χ2v) is 35.3. The number of rotatable bonds is 10. The van der Waals surface area contributed by atoms with E-state index >= 15 is 0 Å². The number of pyridine rings is 10. The number of aryl methyl sites for hydroxylation is 12. The van der Waals surface area contributed by atoms with Gasteiger partial charge in [-0.25, -0.2) is 31.6 Å². The SMILES string of the molecule is Cc1cc(F)c2c(oc3nc(F)ccc32)c1-c1ccc(C(C)C)c[n+]1C.Cc1cc2c(nc1F)oc1c(-c3ccc(C(C)C)c[n+]3C)c(C)ccc12.Cc1ccc2c(oc3nc(F)cc(C)c32)c1-c1ccc(C(C)C)c[n+]1C.Cc1ccc2c(oc3nc(F)cc(F)c32)c1-c1ccc(C(C)C)c[n+]1C.Cc1ccc2c(oc3nc(F)ccc32)c1-c1ccc(C(C)C)c[n+]1C. The highest BCUT2D eigenvalue weighted by Crippen LogP contribution is 2.44. The van der Waals surface area contributed by atoms with Crippen molar-refractivity contribution in [1.29, 1.82) is 0 Å². The zero-order chi connectivity index (χ0) is 92.1. The van der Waals surface area contributed by atoms with Gasteiger partial charge in [0.2, 0.25) is 86.8 Å². The van der Waals surface area contributed by atoms with Crippen molar-refractivity contribution < 1.29 is 75.7 Å². The Balaban J connectivity index is 0.000000118. The Morgan fingerprint density at radius 3 is 0.922 bits per heavy atom. The molecule has 0 aliphatic carbocycles. The number of aromatic nitrogens is 10. The van der Waals surface area contributed by atoms with Gasteiger partial charge >= 0.3 is 0 Å². The van der Waals surface area contributed by atoms with Crippen LogP contribution in [0.4, 0.5) is 30.7 Å². The quantitative estimate of drug-likeness (QED) is 0.0735. The summed E-state index contributed by atoms with van der Waals surface area (Å²) in [7, 11) is 10.1. The molecule has 0 radical (unpaired) electrons. The monoisotopic (exact) mass is 1740 g/mol. The molecule has 20 aromatic rings. The molecule has 20 rings (SSSR count). The first-order valence-electron chi connectivity index (χ1n) is 43.2. The molecule has 654 valence electrons. The highest BCUT2D eigenvalue weighted by Gasteiger charge is 2.31. The van der Waals surface area contributed by atoms with Crippen LogP contribution in [-0.4, -0.2) is 24.9 Å². The average molecular weight is 1740 g/mol. The van der Waals surface area contributed by atoms with E-state index in [2.05, 4.69) is 226 Å². The fourth-order valence-electron chi connectivity index (χ4n) is 17.3. The Kier molecular flexibility index (Phi) is 24.1. The van der Waals surface area contributed by atoms with Gasteiger partial charge in [0, 0.05) is 102 Å². The molecule has 0 saturated heterocycles. The van der Waals surface area contributed by atoms with Crippen molar-refractivity contribution in [2.45, 2.75) is 147 Å². The first kappa shape index (κ1) is 88.5. The van der Waals surface area contributed by atoms with Crippen molar-refractivity contribution in [2.24, 2.45) is 35.2 Å². The normalized spacial score (nSPS) is 11.8. The number of benzene rings is 5. The fourth-order valence-corrected chi connectivity index (χ4v) is 17.3. The van der Waals surface area contributed by atoms with Crippen molar-refractivity contribution in [3.8, 4) is 56.3 Å². The molecule has 0 unspecified atom stereocenters. The summed E-state index contributed by atoms with van der Waals surface area (Å²) in [4.78, 5) is 19.3. The predicted octanol–water partition coefficient (Wildman–Crippen LogP) is 26.1. The maximum atomic E-state index is 14.7. The molecule has 0 amide bonds. The Morgan fingerprint density at radius 1 is 0.233 bits per heavy atom. The summed E-state index contributed by atoms with van der Waals surface area (Å²) in [6.45, 7) is 35.3. The summed E-state index contributed by atoms with van der Waals surface area (Å²) in [5.41, 5.74) is 26.8. The van der Waals surface area contributed by atoms with Crippen LogP contribution in [0, 0.1) is 89.8 Å². The first-order valence-corrected chi connectivity index (χ1v) is 43.2. The lowest BCUT2D eigenvalue weighted by Gasteiger charge is -2.09. The highest BCUT2D eigenvalue weighted by molar-refractivity contribution is 6.13. The van der Waals surface area contributed by atoms with Gasteiger partial charge in [0.25, 0.3) is 0 Å². The number of fused-ring (bicyclic) bond motifs is 15. The zero-order valence-electron chi connectivity index (χ0n) is 76.4. The van der Waals surface area contributed by atoms with Gasteiger partial charge in [0.05, 0.1) is 49.4 Å². The van der Waals surface area contributed by atoms with Gasteiger partial charge in [-0.15, -0.1) is 0 Å². The van der Waals surface area contributed by atoms with Crippen molar-refractivity contribution in [3.05, 3.63) is 297 Å². The van der Waals surface area contributed by atoms with Gasteiger partial charge in [-0.3, -0.25) is 0 Å². The summed E-state index contributed by atoms with van der Waals surface area (Å²) in [6.07, 6.45) is 10.6. The molecule has 0 atom stereocenters. The van der Waals surface area contributed by atoms with E-state index in [1.807, 2.05) is 108 Å². The molecule has 0 N–H and O–H groups in total. The Bertz CT molecular complexity index is 7700. The van der Waals surface area contributed by atoms with Crippen molar-refractivity contribution >= 4 is 110 Å². The minimum atomic E-state index is -0.890. The lowest BCUT2D eigenvalue weighted by atomic mass is 9.98. The van der Waals surface area contributed by atoms with Crippen molar-refractivity contribution in [1.82, 2.24) is 24.9 Å². The third-order valence-electron chi connectivity index (χ3n) is 24.5. The van der Waals surface area contributed by atoms with Crippen LogP contribution in [0.2, 0.25) is 0 Å². The number of nitrogens with zero attached hydrogens (tertiary/aromatic N) is 10. The molecule has 22 heteroatoms. The first-order chi connectivity index (χ1) is 61.4. The van der Waals surface area contributed by atoms with Gasteiger partial charge in [-0.05, 0) is 184 Å². The fraction of sp³-hybridized carbons (Fsp3) is 0.252. The van der Waals surface area contributed by atoms with Crippen LogP contribution < -0.4 is 22.8 Å². The molecular weight excluding hydrogens is 1640 g/mol. The van der Waals surface area contributed by atoms with Crippen LogP contribution in [0.1, 0.15) is 166 Å². The van der Waals surface area contributed by atoms with Crippen LogP contribution in [0.3, 0.4) is 0 Å². The van der Waals surface area contributed by atoms with Crippen molar-refractivity contribution in [3.63, 3.8) is 0 Å². The van der Waals surface area contributed by atoms with Gasteiger partial charge in [0.15, 0.2) is 58.9 Å². The minimum Gasteiger partial charge on any atom is -0.437 e. The molecular formula is C107H102F7N10O5+5.